The summed E-state index contributed by atoms with van der Waals surface area (Å²) >= 11 is 0. The van der Waals surface area contributed by atoms with Crippen LogP contribution in [0.2, 0.25) is 0 Å². The fourth-order valence-corrected chi connectivity index (χ4v) is 2.84. The predicted molar refractivity (Wildman–Crippen MR) is 97.9 cm³/mol. The molecular weight excluding hydrogens is 334 g/mol. The molecule has 0 aromatic heterocycles. The van der Waals surface area contributed by atoms with Crippen LogP contribution in [0.15, 0.2) is 24.3 Å². The molecule has 6 heteroatoms. The summed E-state index contributed by atoms with van der Waals surface area (Å²) in [6, 6.07) is 8.15. The molecule has 0 aliphatic carbocycles. The summed E-state index contributed by atoms with van der Waals surface area (Å²) in [5.41, 5.74) is 2.37. The molecule has 0 saturated carbocycles. The molecule has 144 valence electrons. The topological polar surface area (TPSA) is 88.2 Å². The number of aliphatic carboxylic acids is 1. The summed E-state index contributed by atoms with van der Waals surface area (Å²) in [7, 11) is 0. The zero-order valence-corrected chi connectivity index (χ0v) is 15.9. The van der Waals surface area contributed by atoms with E-state index in [2.05, 4.69) is 57.3 Å². The number of benzene rings is 1. The lowest BCUT2D eigenvalue weighted by Gasteiger charge is -2.20. The standard InChI is InChI=1S/C20H29NO5/c1-12(2)9-16(21-19(22)17-18(26-17)20(23)24)11-25-10-14-5-7-15(8-6-14)13(3)4/h5-8,12-13,16-18H,9-11H2,1-4H3,(H,21,22)(H,23,24)/t16?,17-,18-/m0/s1. The van der Waals surface area contributed by atoms with Crippen molar-refractivity contribution in [3.8, 4) is 0 Å². The zero-order valence-electron chi connectivity index (χ0n) is 15.9. The van der Waals surface area contributed by atoms with E-state index >= 15 is 0 Å². The van der Waals surface area contributed by atoms with Crippen LogP contribution in [-0.4, -0.2) is 41.8 Å². The van der Waals surface area contributed by atoms with Crippen LogP contribution in [0, 0.1) is 5.92 Å². The Morgan fingerprint density at radius 3 is 2.31 bits per heavy atom. The molecule has 1 aliphatic heterocycles. The number of ether oxygens (including phenoxy) is 2. The van der Waals surface area contributed by atoms with Gasteiger partial charge in [0, 0.05) is 0 Å². The zero-order chi connectivity index (χ0) is 19.3. The fraction of sp³-hybridized carbons (Fsp3) is 0.600. The second-order valence-electron chi connectivity index (χ2n) is 7.56. The Kier molecular flexibility index (Phi) is 7.17. The number of carbonyl (C=O) groups is 2. The number of rotatable bonds is 10. The second-order valence-corrected chi connectivity index (χ2v) is 7.56. The van der Waals surface area contributed by atoms with Crippen molar-refractivity contribution in [2.75, 3.05) is 6.61 Å². The number of hydrogen-bond donors (Lipinski definition) is 2. The molecule has 1 amide bonds. The van der Waals surface area contributed by atoms with Crippen LogP contribution < -0.4 is 5.32 Å². The van der Waals surface area contributed by atoms with Crippen molar-refractivity contribution in [3.63, 3.8) is 0 Å². The summed E-state index contributed by atoms with van der Waals surface area (Å²) in [5, 5.41) is 11.7. The first-order valence-corrected chi connectivity index (χ1v) is 9.13. The molecule has 1 aromatic carbocycles. The van der Waals surface area contributed by atoms with Crippen molar-refractivity contribution < 1.29 is 24.2 Å². The molecule has 1 heterocycles. The van der Waals surface area contributed by atoms with E-state index in [-0.39, 0.29) is 11.9 Å². The average Bonchev–Trinajstić information content (AvgIpc) is 3.35. The third kappa shape index (κ3) is 6.11. The Morgan fingerprint density at radius 1 is 1.15 bits per heavy atom. The monoisotopic (exact) mass is 363 g/mol. The highest BCUT2D eigenvalue weighted by Crippen LogP contribution is 2.22. The van der Waals surface area contributed by atoms with Gasteiger partial charge in [-0.05, 0) is 29.4 Å². The quantitative estimate of drug-likeness (QED) is 0.624. The van der Waals surface area contributed by atoms with Gasteiger partial charge in [-0.25, -0.2) is 4.79 Å². The average molecular weight is 363 g/mol. The fourth-order valence-electron chi connectivity index (χ4n) is 2.84. The van der Waals surface area contributed by atoms with Crippen molar-refractivity contribution in [2.24, 2.45) is 5.92 Å². The van der Waals surface area contributed by atoms with Gasteiger partial charge in [0.2, 0.25) is 0 Å². The number of carbonyl (C=O) groups excluding carboxylic acids is 1. The normalized spacial score (nSPS) is 20.2. The minimum absolute atomic E-state index is 0.170. The molecule has 1 aromatic rings. The smallest absolute Gasteiger partial charge is 0.336 e. The number of carboxylic acids is 1. The largest absolute Gasteiger partial charge is 0.479 e. The minimum Gasteiger partial charge on any atom is -0.479 e. The van der Waals surface area contributed by atoms with Gasteiger partial charge in [-0.2, -0.15) is 0 Å². The Hall–Kier alpha value is -1.92. The van der Waals surface area contributed by atoms with E-state index in [4.69, 9.17) is 14.6 Å². The molecule has 0 bridgehead atoms. The predicted octanol–water partition coefficient (Wildman–Crippen LogP) is 2.71. The molecule has 0 spiro atoms. The van der Waals surface area contributed by atoms with Crippen molar-refractivity contribution >= 4 is 11.9 Å². The third-order valence-electron chi connectivity index (χ3n) is 4.33. The Morgan fingerprint density at radius 2 is 1.81 bits per heavy atom. The van der Waals surface area contributed by atoms with Gasteiger partial charge in [0.05, 0.1) is 19.3 Å². The second kappa shape index (κ2) is 9.14. The molecule has 26 heavy (non-hydrogen) atoms. The molecule has 0 radical (unpaired) electrons. The van der Waals surface area contributed by atoms with Crippen LogP contribution in [0.4, 0.5) is 0 Å². The number of nitrogens with one attached hydrogen (secondary N) is 1. The third-order valence-corrected chi connectivity index (χ3v) is 4.33. The molecule has 1 saturated heterocycles. The first kappa shape index (κ1) is 20.4. The number of amides is 1. The van der Waals surface area contributed by atoms with Crippen LogP contribution in [0.3, 0.4) is 0 Å². The Bertz CT molecular complexity index is 611. The van der Waals surface area contributed by atoms with E-state index < -0.39 is 18.2 Å². The Labute approximate surface area is 154 Å². The molecule has 2 N–H and O–H groups in total. The van der Waals surface area contributed by atoms with Crippen LogP contribution >= 0.6 is 0 Å². The van der Waals surface area contributed by atoms with Gasteiger partial charge in [0.1, 0.15) is 0 Å². The lowest BCUT2D eigenvalue weighted by Crippen LogP contribution is -2.42. The first-order chi connectivity index (χ1) is 12.3. The highest BCUT2D eigenvalue weighted by Gasteiger charge is 2.51. The van der Waals surface area contributed by atoms with Gasteiger partial charge in [0.25, 0.3) is 5.91 Å². The van der Waals surface area contributed by atoms with Gasteiger partial charge >= 0.3 is 5.97 Å². The van der Waals surface area contributed by atoms with Crippen molar-refractivity contribution in [2.45, 2.75) is 64.9 Å². The summed E-state index contributed by atoms with van der Waals surface area (Å²) in [4.78, 5) is 22.9. The molecule has 1 unspecified atom stereocenters. The lowest BCUT2D eigenvalue weighted by atomic mass is 10.0. The van der Waals surface area contributed by atoms with E-state index in [9.17, 15) is 9.59 Å². The van der Waals surface area contributed by atoms with Crippen molar-refractivity contribution in [3.05, 3.63) is 35.4 Å². The minimum atomic E-state index is -1.10. The maximum Gasteiger partial charge on any atom is 0.336 e. The van der Waals surface area contributed by atoms with E-state index in [1.807, 2.05) is 0 Å². The van der Waals surface area contributed by atoms with Gasteiger partial charge < -0.3 is 19.9 Å². The maximum atomic E-state index is 12.1. The summed E-state index contributed by atoms with van der Waals surface area (Å²) in [6.07, 6.45) is -1.15. The van der Waals surface area contributed by atoms with Crippen LogP contribution in [0.1, 0.15) is 51.2 Å². The molecule has 6 nitrogen and oxygen atoms in total. The molecule has 2 rings (SSSR count). The SMILES string of the molecule is CC(C)CC(COCc1ccc(C(C)C)cc1)NC(=O)[C@H]1O[C@@H]1C(=O)O. The van der Waals surface area contributed by atoms with Crippen molar-refractivity contribution in [1.82, 2.24) is 5.32 Å². The number of hydrogen-bond acceptors (Lipinski definition) is 4. The summed E-state index contributed by atoms with van der Waals surface area (Å²) in [6.45, 7) is 9.29. The van der Waals surface area contributed by atoms with Crippen LogP contribution in [0.5, 0.6) is 0 Å². The summed E-state index contributed by atoms with van der Waals surface area (Å²) < 4.78 is 10.7. The molecule has 3 atom stereocenters. The highest BCUT2D eigenvalue weighted by atomic mass is 16.6. The lowest BCUT2D eigenvalue weighted by molar-refractivity contribution is -0.138. The first-order valence-electron chi connectivity index (χ1n) is 9.13. The van der Waals surface area contributed by atoms with Gasteiger partial charge in [0.15, 0.2) is 12.2 Å². The van der Waals surface area contributed by atoms with Gasteiger partial charge in [-0.1, -0.05) is 52.0 Å². The van der Waals surface area contributed by atoms with Crippen LogP contribution in [-0.2, 0) is 25.7 Å². The highest BCUT2D eigenvalue weighted by molar-refractivity contribution is 5.92. The van der Waals surface area contributed by atoms with E-state index in [0.717, 1.165) is 12.0 Å². The van der Waals surface area contributed by atoms with E-state index in [1.54, 1.807) is 0 Å². The van der Waals surface area contributed by atoms with Gasteiger partial charge in [-0.15, -0.1) is 0 Å². The van der Waals surface area contributed by atoms with Gasteiger partial charge in [-0.3, -0.25) is 4.79 Å². The van der Waals surface area contributed by atoms with Crippen molar-refractivity contribution in [1.29, 1.82) is 0 Å². The number of epoxide rings is 1. The van der Waals surface area contributed by atoms with Crippen LogP contribution in [0.25, 0.3) is 0 Å². The Balaban J connectivity index is 1.81. The summed E-state index contributed by atoms with van der Waals surface area (Å²) in [5.74, 6) is -0.612. The molecule has 1 aliphatic rings. The van der Waals surface area contributed by atoms with E-state index in [1.165, 1.54) is 5.56 Å². The van der Waals surface area contributed by atoms with E-state index in [0.29, 0.717) is 25.0 Å². The number of carboxylic acid groups (broad SMARTS) is 1. The molecule has 1 fully saturated rings. The maximum absolute atomic E-state index is 12.1. The molecular formula is C20H29NO5.